The van der Waals surface area contributed by atoms with Gasteiger partial charge in [-0.25, -0.2) is 8.42 Å². The molecule has 0 aliphatic carbocycles. The molecule has 0 amide bonds. The maximum absolute atomic E-state index is 12.6. The Balaban J connectivity index is 2.46. The molecule has 1 heterocycles. The first kappa shape index (κ1) is 15.2. The Kier molecular flexibility index (Phi) is 4.62. The summed E-state index contributed by atoms with van der Waals surface area (Å²) in [6.07, 6.45) is 1.55. The van der Waals surface area contributed by atoms with Crippen LogP contribution in [0.4, 0.5) is 0 Å². The fraction of sp³-hybridized carbons (Fsp3) is 0.462. The average Bonchev–Trinajstić information content (AvgIpc) is 2.77. The summed E-state index contributed by atoms with van der Waals surface area (Å²) in [7, 11) is -3.48. The fourth-order valence-electron chi connectivity index (χ4n) is 2.09. The van der Waals surface area contributed by atoms with Crippen LogP contribution in [0.5, 0.6) is 0 Å². The number of sulfonamides is 1. The van der Waals surface area contributed by atoms with Crippen LogP contribution in [0.2, 0.25) is 0 Å². The van der Waals surface area contributed by atoms with Gasteiger partial charge < -0.3 is 4.98 Å². The van der Waals surface area contributed by atoms with Crippen molar-refractivity contribution >= 4 is 31.6 Å². The average molecular weight is 314 g/mol. The van der Waals surface area contributed by atoms with Gasteiger partial charge in [0.2, 0.25) is 10.0 Å². The quantitative estimate of drug-likeness (QED) is 0.890. The van der Waals surface area contributed by atoms with Crippen LogP contribution in [0.1, 0.15) is 26.7 Å². The number of hydrogen-bond donors (Lipinski definition) is 1. The number of aromatic amines is 1. The molecule has 2 aromatic rings. The number of benzene rings is 1. The van der Waals surface area contributed by atoms with E-state index >= 15 is 0 Å². The smallest absolute Gasteiger partial charge is 0.305 e. The third kappa shape index (κ3) is 2.94. The molecule has 0 aliphatic rings. The van der Waals surface area contributed by atoms with Crippen molar-refractivity contribution in [2.75, 3.05) is 13.1 Å². The van der Waals surface area contributed by atoms with E-state index in [0.717, 1.165) is 24.2 Å². The lowest BCUT2D eigenvalue weighted by Gasteiger charge is -2.20. The standard InChI is InChI=1S/C13H18N2O3S2/c1-3-7-15(8-4-2)20(17,18)10-5-6-11-12(9-10)19-13(16)14-11/h5-6,9H,3-4,7-8H2,1-2H3,(H,14,16). The molecule has 1 aromatic heterocycles. The maximum Gasteiger partial charge on any atom is 0.305 e. The Bertz CT molecular complexity index is 740. The van der Waals surface area contributed by atoms with E-state index in [2.05, 4.69) is 4.98 Å². The topological polar surface area (TPSA) is 70.2 Å². The summed E-state index contributed by atoms with van der Waals surface area (Å²) in [5.41, 5.74) is 0.677. The van der Waals surface area contributed by atoms with E-state index in [1.807, 2.05) is 13.8 Å². The van der Waals surface area contributed by atoms with Crippen LogP contribution >= 0.6 is 11.3 Å². The molecule has 1 aromatic carbocycles. The summed E-state index contributed by atoms with van der Waals surface area (Å²) in [6, 6.07) is 4.78. The molecule has 20 heavy (non-hydrogen) atoms. The summed E-state index contributed by atoms with van der Waals surface area (Å²) in [4.78, 5) is 14.0. The molecule has 2 rings (SSSR count). The predicted molar refractivity (Wildman–Crippen MR) is 81.8 cm³/mol. The SMILES string of the molecule is CCCN(CCC)S(=O)(=O)c1ccc2[nH]c(=O)sc2c1. The van der Waals surface area contributed by atoms with Crippen LogP contribution in [0.15, 0.2) is 27.9 Å². The van der Waals surface area contributed by atoms with E-state index < -0.39 is 10.0 Å². The van der Waals surface area contributed by atoms with Gasteiger partial charge in [0.15, 0.2) is 0 Å². The van der Waals surface area contributed by atoms with Crippen LogP contribution in [0.3, 0.4) is 0 Å². The van der Waals surface area contributed by atoms with Gasteiger partial charge >= 0.3 is 4.87 Å². The largest absolute Gasteiger partial charge is 0.312 e. The maximum atomic E-state index is 12.6. The Hall–Kier alpha value is -1.18. The Morgan fingerprint density at radius 2 is 1.85 bits per heavy atom. The number of thiazole rings is 1. The molecule has 0 saturated carbocycles. The van der Waals surface area contributed by atoms with Gasteiger partial charge in [-0.1, -0.05) is 25.2 Å². The molecular weight excluding hydrogens is 296 g/mol. The van der Waals surface area contributed by atoms with Crippen molar-refractivity contribution in [2.45, 2.75) is 31.6 Å². The van der Waals surface area contributed by atoms with Gasteiger partial charge in [-0.15, -0.1) is 0 Å². The highest BCUT2D eigenvalue weighted by atomic mass is 32.2. The zero-order valence-electron chi connectivity index (χ0n) is 11.5. The number of nitrogens with zero attached hydrogens (tertiary/aromatic N) is 1. The molecule has 0 spiro atoms. The molecule has 1 N–H and O–H groups in total. The highest BCUT2D eigenvalue weighted by Crippen LogP contribution is 2.22. The van der Waals surface area contributed by atoms with Crippen LogP contribution in [0, 0.1) is 0 Å². The minimum atomic E-state index is -3.48. The number of aromatic nitrogens is 1. The molecule has 0 bridgehead atoms. The molecule has 110 valence electrons. The van der Waals surface area contributed by atoms with Gasteiger partial charge in [0, 0.05) is 13.1 Å². The molecule has 0 saturated heterocycles. The number of fused-ring (bicyclic) bond motifs is 1. The van der Waals surface area contributed by atoms with Gasteiger partial charge in [-0.3, -0.25) is 4.79 Å². The predicted octanol–water partition coefficient (Wildman–Crippen LogP) is 2.40. The first-order chi connectivity index (χ1) is 9.48. The number of H-pyrrole nitrogens is 1. The van der Waals surface area contributed by atoms with E-state index in [9.17, 15) is 13.2 Å². The molecule has 0 fully saturated rings. The van der Waals surface area contributed by atoms with Crippen LogP contribution < -0.4 is 4.87 Å². The summed E-state index contributed by atoms with van der Waals surface area (Å²) >= 11 is 1.03. The Labute approximate surface area is 122 Å². The van der Waals surface area contributed by atoms with Gasteiger partial charge in [-0.2, -0.15) is 4.31 Å². The third-order valence-electron chi connectivity index (χ3n) is 2.98. The van der Waals surface area contributed by atoms with Crippen molar-refractivity contribution < 1.29 is 8.42 Å². The normalized spacial score (nSPS) is 12.3. The van der Waals surface area contributed by atoms with Gasteiger partial charge in [0.25, 0.3) is 0 Å². The zero-order valence-corrected chi connectivity index (χ0v) is 13.2. The molecular formula is C13H18N2O3S2. The molecule has 0 radical (unpaired) electrons. The minimum absolute atomic E-state index is 0.173. The monoisotopic (exact) mass is 314 g/mol. The van der Waals surface area contributed by atoms with Gasteiger partial charge in [-0.05, 0) is 31.0 Å². The second-order valence-corrected chi connectivity index (χ2v) is 7.53. The fourth-order valence-corrected chi connectivity index (χ4v) is 4.59. The number of hydrogen-bond acceptors (Lipinski definition) is 4. The second kappa shape index (κ2) is 6.07. The first-order valence-corrected chi connectivity index (χ1v) is 8.87. The van der Waals surface area contributed by atoms with Crippen molar-refractivity contribution in [1.29, 1.82) is 0 Å². The molecule has 5 nitrogen and oxygen atoms in total. The molecule has 7 heteroatoms. The summed E-state index contributed by atoms with van der Waals surface area (Å²) in [5, 5.41) is 0. The Morgan fingerprint density at radius 1 is 1.20 bits per heavy atom. The van der Waals surface area contributed by atoms with Crippen molar-refractivity contribution in [2.24, 2.45) is 0 Å². The van der Waals surface area contributed by atoms with E-state index in [4.69, 9.17) is 0 Å². The van der Waals surface area contributed by atoms with E-state index in [1.165, 1.54) is 4.31 Å². The molecule has 0 aliphatic heterocycles. The number of rotatable bonds is 6. The van der Waals surface area contributed by atoms with Crippen molar-refractivity contribution in [1.82, 2.24) is 9.29 Å². The lowest BCUT2D eigenvalue weighted by atomic mass is 10.3. The van der Waals surface area contributed by atoms with Crippen LogP contribution in [0.25, 0.3) is 10.2 Å². The van der Waals surface area contributed by atoms with Gasteiger partial charge in [0.1, 0.15) is 0 Å². The first-order valence-electron chi connectivity index (χ1n) is 6.62. The minimum Gasteiger partial charge on any atom is -0.312 e. The summed E-state index contributed by atoms with van der Waals surface area (Å²) in [5.74, 6) is 0. The third-order valence-corrected chi connectivity index (χ3v) is 5.72. The lowest BCUT2D eigenvalue weighted by Crippen LogP contribution is -2.32. The van der Waals surface area contributed by atoms with Crippen molar-refractivity contribution in [3.8, 4) is 0 Å². The van der Waals surface area contributed by atoms with Gasteiger partial charge in [0.05, 0.1) is 15.1 Å². The Morgan fingerprint density at radius 3 is 2.45 bits per heavy atom. The second-order valence-electron chi connectivity index (χ2n) is 4.58. The summed E-state index contributed by atoms with van der Waals surface area (Å²) < 4.78 is 27.4. The van der Waals surface area contributed by atoms with E-state index in [1.54, 1.807) is 18.2 Å². The molecule has 0 atom stereocenters. The highest BCUT2D eigenvalue weighted by molar-refractivity contribution is 7.89. The molecule has 0 unspecified atom stereocenters. The summed E-state index contributed by atoms with van der Waals surface area (Å²) in [6.45, 7) is 4.94. The van der Waals surface area contributed by atoms with Crippen molar-refractivity contribution in [3.63, 3.8) is 0 Å². The number of nitrogens with one attached hydrogen (secondary N) is 1. The van der Waals surface area contributed by atoms with Crippen LogP contribution in [-0.2, 0) is 10.0 Å². The van der Waals surface area contributed by atoms with E-state index in [-0.39, 0.29) is 9.77 Å². The van der Waals surface area contributed by atoms with E-state index in [0.29, 0.717) is 23.3 Å². The van der Waals surface area contributed by atoms with Crippen LogP contribution in [-0.4, -0.2) is 30.8 Å². The lowest BCUT2D eigenvalue weighted by molar-refractivity contribution is 0.410. The van der Waals surface area contributed by atoms with Crippen molar-refractivity contribution in [3.05, 3.63) is 27.9 Å². The zero-order chi connectivity index (χ0) is 14.8. The highest BCUT2D eigenvalue weighted by Gasteiger charge is 2.23.